The molecule has 1 aromatic heterocycles. The number of anilines is 1. The molecule has 0 saturated carbocycles. The number of rotatable bonds is 7. The number of amides is 2. The van der Waals surface area contributed by atoms with E-state index in [-0.39, 0.29) is 23.4 Å². The second-order valence-electron chi connectivity index (χ2n) is 6.55. The van der Waals surface area contributed by atoms with Gasteiger partial charge in [-0.25, -0.2) is 19.2 Å². The van der Waals surface area contributed by atoms with Crippen molar-refractivity contribution in [3.8, 4) is 23.1 Å². The van der Waals surface area contributed by atoms with E-state index in [0.29, 0.717) is 22.4 Å². The summed E-state index contributed by atoms with van der Waals surface area (Å²) >= 11 is 0. The number of methoxy groups -OCH3 is 2. The van der Waals surface area contributed by atoms with Gasteiger partial charge in [0.25, 0.3) is 0 Å². The molecule has 0 aliphatic carbocycles. The van der Waals surface area contributed by atoms with Crippen LogP contribution < -0.4 is 24.8 Å². The number of nitrogens with zero attached hydrogens (tertiary/aromatic N) is 2. The van der Waals surface area contributed by atoms with Crippen LogP contribution in [0.25, 0.3) is 10.9 Å². The van der Waals surface area contributed by atoms with Gasteiger partial charge in [-0.15, -0.1) is 0 Å². The number of fused-ring (bicyclic) bond motifs is 1. The quantitative estimate of drug-likeness (QED) is 0.591. The third-order valence-corrected chi connectivity index (χ3v) is 4.50. The summed E-state index contributed by atoms with van der Waals surface area (Å²) in [6.07, 6.45) is 2.11. The fraction of sp³-hybridized carbons (Fsp3) is 0.286. The lowest BCUT2D eigenvalue weighted by atomic mass is 10.2. The summed E-state index contributed by atoms with van der Waals surface area (Å²) in [5, 5.41) is 5.77. The zero-order chi connectivity index (χ0) is 21.7. The van der Waals surface area contributed by atoms with Gasteiger partial charge in [0, 0.05) is 18.2 Å². The van der Waals surface area contributed by atoms with Crippen LogP contribution in [-0.2, 0) is 0 Å². The Morgan fingerprint density at radius 1 is 1.13 bits per heavy atom. The molecule has 1 unspecified atom stereocenters. The Hall–Kier alpha value is -3.62. The molecule has 2 amide bonds. The summed E-state index contributed by atoms with van der Waals surface area (Å²) in [5.74, 6) is 0.824. The van der Waals surface area contributed by atoms with Gasteiger partial charge < -0.3 is 24.8 Å². The van der Waals surface area contributed by atoms with Crippen molar-refractivity contribution in [1.82, 2.24) is 15.3 Å². The molecule has 0 spiro atoms. The van der Waals surface area contributed by atoms with Gasteiger partial charge in [-0.1, -0.05) is 6.92 Å². The number of benzene rings is 2. The predicted octanol–water partition coefficient (Wildman–Crippen LogP) is 4.50. The third-order valence-electron chi connectivity index (χ3n) is 4.50. The molecule has 0 fully saturated rings. The number of aromatic nitrogens is 2. The van der Waals surface area contributed by atoms with Crippen molar-refractivity contribution in [3.63, 3.8) is 0 Å². The number of carbonyl (C=O) groups excluding carboxylic acids is 1. The highest BCUT2D eigenvalue weighted by atomic mass is 19.1. The normalized spacial score (nSPS) is 11.6. The van der Waals surface area contributed by atoms with Crippen LogP contribution in [0.15, 0.2) is 36.7 Å². The van der Waals surface area contributed by atoms with E-state index in [2.05, 4.69) is 20.6 Å². The lowest BCUT2D eigenvalue weighted by Gasteiger charge is -2.14. The van der Waals surface area contributed by atoms with E-state index in [1.54, 1.807) is 12.1 Å². The number of ether oxygens (including phenoxy) is 3. The van der Waals surface area contributed by atoms with Crippen LogP contribution in [0.5, 0.6) is 23.1 Å². The number of halogens is 1. The van der Waals surface area contributed by atoms with Gasteiger partial charge >= 0.3 is 6.03 Å². The topological polar surface area (TPSA) is 94.6 Å². The Labute approximate surface area is 173 Å². The van der Waals surface area contributed by atoms with Crippen molar-refractivity contribution in [2.75, 3.05) is 19.5 Å². The summed E-state index contributed by atoms with van der Waals surface area (Å²) < 4.78 is 30.8. The Balaban J connectivity index is 1.84. The molecule has 0 aliphatic heterocycles. The lowest BCUT2D eigenvalue weighted by Crippen LogP contribution is -2.35. The highest BCUT2D eigenvalue weighted by molar-refractivity contribution is 5.90. The second-order valence-corrected chi connectivity index (χ2v) is 6.55. The van der Waals surface area contributed by atoms with Gasteiger partial charge in [0.05, 0.1) is 30.8 Å². The Morgan fingerprint density at radius 2 is 1.87 bits per heavy atom. The lowest BCUT2D eigenvalue weighted by molar-refractivity contribution is 0.249. The van der Waals surface area contributed by atoms with E-state index in [4.69, 9.17) is 14.2 Å². The van der Waals surface area contributed by atoms with Crippen molar-refractivity contribution < 1.29 is 23.4 Å². The smallest absolute Gasteiger partial charge is 0.319 e. The summed E-state index contributed by atoms with van der Waals surface area (Å²) in [6, 6.07) is 7.04. The SMILES string of the molecule is CCC(C)NC(=O)Nc1ccc(Oc2ncnc3cc(OC)c(OC)cc23)cc1F. The standard InChI is InChI=1S/C21H23FN4O4/c1-5-12(2)25-21(27)26-16-7-6-13(8-15(16)22)30-20-14-9-18(28-3)19(29-4)10-17(14)23-11-24-20/h6-12H,5H2,1-4H3,(H2,25,26,27). The van der Waals surface area contributed by atoms with Gasteiger partial charge in [-0.05, 0) is 31.5 Å². The van der Waals surface area contributed by atoms with E-state index in [0.717, 1.165) is 6.42 Å². The number of carbonyl (C=O) groups is 1. The van der Waals surface area contributed by atoms with E-state index < -0.39 is 11.8 Å². The van der Waals surface area contributed by atoms with E-state index >= 15 is 0 Å². The molecule has 1 atom stereocenters. The van der Waals surface area contributed by atoms with E-state index in [9.17, 15) is 9.18 Å². The number of urea groups is 1. The first-order chi connectivity index (χ1) is 14.4. The van der Waals surface area contributed by atoms with E-state index in [1.165, 1.54) is 38.7 Å². The van der Waals surface area contributed by atoms with Crippen molar-refractivity contribution >= 4 is 22.6 Å². The maximum Gasteiger partial charge on any atom is 0.319 e. The molecule has 30 heavy (non-hydrogen) atoms. The minimum absolute atomic E-state index is 0.0164. The van der Waals surface area contributed by atoms with Crippen molar-refractivity contribution in [1.29, 1.82) is 0 Å². The zero-order valence-corrected chi connectivity index (χ0v) is 17.2. The van der Waals surface area contributed by atoms with Crippen LogP contribution in [0, 0.1) is 5.82 Å². The monoisotopic (exact) mass is 414 g/mol. The number of hydrogen-bond donors (Lipinski definition) is 2. The molecule has 158 valence electrons. The number of nitrogens with one attached hydrogen (secondary N) is 2. The van der Waals surface area contributed by atoms with Gasteiger partial charge in [0.1, 0.15) is 17.9 Å². The van der Waals surface area contributed by atoms with Crippen LogP contribution in [0.2, 0.25) is 0 Å². The Kier molecular flexibility index (Phi) is 6.51. The molecule has 1 heterocycles. The highest BCUT2D eigenvalue weighted by Crippen LogP contribution is 2.36. The molecule has 2 N–H and O–H groups in total. The summed E-state index contributed by atoms with van der Waals surface area (Å²) in [6.45, 7) is 3.81. The fourth-order valence-corrected chi connectivity index (χ4v) is 2.70. The van der Waals surface area contributed by atoms with E-state index in [1.807, 2.05) is 13.8 Å². The van der Waals surface area contributed by atoms with Crippen LogP contribution in [0.1, 0.15) is 20.3 Å². The Bertz CT molecular complexity index is 1060. The van der Waals surface area contributed by atoms with Crippen molar-refractivity contribution in [2.45, 2.75) is 26.3 Å². The zero-order valence-electron chi connectivity index (χ0n) is 17.2. The maximum absolute atomic E-state index is 14.5. The van der Waals surface area contributed by atoms with Crippen LogP contribution in [0.3, 0.4) is 0 Å². The first kappa shape index (κ1) is 21.1. The van der Waals surface area contributed by atoms with Gasteiger partial charge in [0.15, 0.2) is 11.5 Å². The second kappa shape index (κ2) is 9.25. The van der Waals surface area contributed by atoms with Crippen molar-refractivity contribution in [2.24, 2.45) is 0 Å². The third kappa shape index (κ3) is 4.68. The minimum Gasteiger partial charge on any atom is -0.493 e. The van der Waals surface area contributed by atoms with Gasteiger partial charge in [-0.3, -0.25) is 0 Å². The van der Waals surface area contributed by atoms with Gasteiger partial charge in [-0.2, -0.15) is 0 Å². The molecule has 0 radical (unpaired) electrons. The molecule has 0 saturated heterocycles. The largest absolute Gasteiger partial charge is 0.493 e. The molecule has 9 heteroatoms. The average Bonchev–Trinajstić information content (AvgIpc) is 2.74. The molecule has 2 aromatic carbocycles. The molecular formula is C21H23FN4O4. The molecule has 3 rings (SSSR count). The van der Waals surface area contributed by atoms with Crippen LogP contribution in [0.4, 0.5) is 14.9 Å². The highest BCUT2D eigenvalue weighted by Gasteiger charge is 2.14. The fourth-order valence-electron chi connectivity index (χ4n) is 2.70. The van der Waals surface area contributed by atoms with Crippen LogP contribution in [-0.4, -0.2) is 36.3 Å². The molecule has 0 bridgehead atoms. The molecule has 8 nitrogen and oxygen atoms in total. The predicted molar refractivity (Wildman–Crippen MR) is 111 cm³/mol. The minimum atomic E-state index is -0.635. The Morgan fingerprint density at radius 3 is 2.53 bits per heavy atom. The maximum atomic E-state index is 14.5. The number of hydrogen-bond acceptors (Lipinski definition) is 6. The van der Waals surface area contributed by atoms with Crippen LogP contribution >= 0.6 is 0 Å². The molecule has 0 aliphatic rings. The summed E-state index contributed by atoms with van der Waals surface area (Å²) in [4.78, 5) is 20.3. The summed E-state index contributed by atoms with van der Waals surface area (Å²) in [7, 11) is 3.05. The van der Waals surface area contributed by atoms with Gasteiger partial charge in [0.2, 0.25) is 5.88 Å². The van der Waals surface area contributed by atoms with Crippen molar-refractivity contribution in [3.05, 3.63) is 42.5 Å². The molecule has 3 aromatic rings. The molecular weight excluding hydrogens is 391 g/mol. The first-order valence-corrected chi connectivity index (χ1v) is 9.36. The average molecular weight is 414 g/mol. The first-order valence-electron chi connectivity index (χ1n) is 9.36. The summed E-state index contributed by atoms with van der Waals surface area (Å²) in [5.41, 5.74) is 0.625.